The highest BCUT2D eigenvalue weighted by molar-refractivity contribution is 5.75. The normalized spacial score (nSPS) is 14.9. The van der Waals surface area contributed by atoms with E-state index in [4.69, 9.17) is 14.9 Å². The maximum atomic E-state index is 8.70. The van der Waals surface area contributed by atoms with Crippen molar-refractivity contribution in [2.24, 2.45) is 0 Å². The maximum Gasteiger partial charge on any atom is 0.205 e. The fourth-order valence-corrected chi connectivity index (χ4v) is 3.97. The molecule has 1 aromatic heterocycles. The third-order valence-corrected chi connectivity index (χ3v) is 5.73. The average molecular weight is 425 g/mol. The number of nitrogens with one attached hydrogen (secondary N) is 2. The number of fused-ring (bicyclic) bond motifs is 1. The molecule has 1 saturated heterocycles. The summed E-state index contributed by atoms with van der Waals surface area (Å²) in [6.07, 6.45) is 7.61. The number of morpholine rings is 1. The van der Waals surface area contributed by atoms with Gasteiger partial charge in [-0.1, -0.05) is 51.2 Å². The van der Waals surface area contributed by atoms with Gasteiger partial charge in [-0.3, -0.25) is 9.98 Å². The summed E-state index contributed by atoms with van der Waals surface area (Å²) in [5, 5.41) is 8.70. The van der Waals surface area contributed by atoms with Crippen molar-refractivity contribution in [3.05, 3.63) is 29.9 Å². The molecule has 7 heteroatoms. The third kappa shape index (κ3) is 6.85. The van der Waals surface area contributed by atoms with Crippen LogP contribution in [0.5, 0.6) is 0 Å². The summed E-state index contributed by atoms with van der Waals surface area (Å²) >= 11 is 0. The van der Waals surface area contributed by atoms with Gasteiger partial charge in [0.2, 0.25) is 5.62 Å². The van der Waals surface area contributed by atoms with Crippen LogP contribution in [0.15, 0.2) is 24.3 Å². The first-order chi connectivity index (χ1) is 13.8. The molecule has 2 N–H and O–H groups in total. The minimum Gasteiger partial charge on any atom is -1.00 e. The topological polar surface area (TPSA) is 56.6 Å². The second-order valence-corrected chi connectivity index (χ2v) is 7.81. The molecule has 164 valence electrons. The van der Waals surface area contributed by atoms with E-state index in [1.54, 1.807) is 4.90 Å². The van der Waals surface area contributed by atoms with Crippen LogP contribution in [0.1, 0.15) is 45.4 Å². The molecule has 1 fully saturated rings. The number of rotatable bonds is 12. The summed E-state index contributed by atoms with van der Waals surface area (Å²) in [4.78, 5) is 1.56. The lowest BCUT2D eigenvalue weighted by Gasteiger charge is -2.23. The van der Waals surface area contributed by atoms with Gasteiger partial charge in [-0.2, -0.15) is 0 Å². The van der Waals surface area contributed by atoms with E-state index in [2.05, 4.69) is 29.7 Å². The van der Waals surface area contributed by atoms with E-state index in [0.717, 1.165) is 63.5 Å². The Hall–Kier alpha value is -1.34. The molecule has 1 aliphatic heterocycles. The Morgan fingerprint density at radius 1 is 1.00 bits per heavy atom. The summed E-state index contributed by atoms with van der Waals surface area (Å²) in [7, 11) is 0. The Morgan fingerprint density at radius 2 is 1.66 bits per heavy atom. The van der Waals surface area contributed by atoms with Gasteiger partial charge in [-0.05, 0) is 18.6 Å². The largest absolute Gasteiger partial charge is 1.00 e. The van der Waals surface area contributed by atoms with Gasteiger partial charge in [-0.15, -0.1) is 0 Å². The first kappa shape index (κ1) is 23.9. The van der Waals surface area contributed by atoms with Crippen molar-refractivity contribution in [1.29, 1.82) is 5.41 Å². The van der Waals surface area contributed by atoms with E-state index >= 15 is 0 Å². The first-order valence-electron chi connectivity index (χ1n) is 11.0. The Labute approximate surface area is 180 Å². The zero-order valence-electron chi connectivity index (χ0n) is 17.8. The second kappa shape index (κ2) is 13.1. The molecule has 0 unspecified atom stereocenters. The molecular weight excluding hydrogens is 388 g/mol. The van der Waals surface area contributed by atoms with Crippen molar-refractivity contribution in [2.75, 3.05) is 39.5 Å². The highest BCUT2D eigenvalue weighted by Crippen LogP contribution is 2.13. The number of para-hydroxylation sites is 2. The number of halogens is 1. The molecule has 0 atom stereocenters. The van der Waals surface area contributed by atoms with Gasteiger partial charge in [0.15, 0.2) is 0 Å². The molecule has 0 saturated carbocycles. The molecule has 0 spiro atoms. The fraction of sp³-hybridized carbons (Fsp3) is 0.682. The standard InChI is InChI=1S/C22H36N4O2.ClH/c1-2-3-4-5-6-9-16-28-19-26-21-11-8-7-10-20(21)25(22(26)23)13-12-24-14-17-27-18-15-24;/h7-8,10-11,23H,2-6,9,12-19H2,1H3;1H. The van der Waals surface area contributed by atoms with E-state index in [1.807, 2.05) is 10.6 Å². The molecule has 3 rings (SSSR count). The van der Waals surface area contributed by atoms with Crippen LogP contribution in [0.25, 0.3) is 11.0 Å². The van der Waals surface area contributed by atoms with Crippen LogP contribution in [0, 0.1) is 5.41 Å². The summed E-state index contributed by atoms with van der Waals surface area (Å²) < 4.78 is 15.5. The monoisotopic (exact) mass is 424 g/mol. The Morgan fingerprint density at radius 3 is 2.38 bits per heavy atom. The number of hydrogen-bond acceptors (Lipinski definition) is 3. The van der Waals surface area contributed by atoms with Crippen LogP contribution >= 0.6 is 0 Å². The van der Waals surface area contributed by atoms with E-state index in [1.165, 1.54) is 32.1 Å². The molecule has 0 radical (unpaired) electrons. The minimum atomic E-state index is 0. The van der Waals surface area contributed by atoms with Crippen LogP contribution in [0.2, 0.25) is 0 Å². The van der Waals surface area contributed by atoms with E-state index < -0.39 is 0 Å². The van der Waals surface area contributed by atoms with Gasteiger partial charge >= 0.3 is 0 Å². The SMILES string of the molecule is CCCCCCCCOCn1c(=N)n(CC[NH+]2CCOCC2)c2ccccc21.[Cl-]. The second-order valence-electron chi connectivity index (χ2n) is 7.81. The number of hydrogen-bond donors (Lipinski definition) is 2. The number of nitrogens with zero attached hydrogens (tertiary/aromatic N) is 2. The third-order valence-electron chi connectivity index (χ3n) is 5.73. The maximum absolute atomic E-state index is 8.70. The number of unbranched alkanes of at least 4 members (excludes halogenated alkanes) is 5. The Kier molecular flexibility index (Phi) is 10.8. The lowest BCUT2D eigenvalue weighted by molar-refractivity contribution is -0.908. The van der Waals surface area contributed by atoms with Crippen LogP contribution < -0.4 is 22.9 Å². The van der Waals surface area contributed by atoms with E-state index in [-0.39, 0.29) is 12.4 Å². The smallest absolute Gasteiger partial charge is 0.205 e. The summed E-state index contributed by atoms with van der Waals surface area (Å²) in [6.45, 7) is 9.20. The molecule has 1 aromatic carbocycles. The number of imidazole rings is 1. The van der Waals surface area contributed by atoms with Gasteiger partial charge in [-0.25, -0.2) is 0 Å². The van der Waals surface area contributed by atoms with E-state index in [0.29, 0.717) is 12.3 Å². The quantitative estimate of drug-likeness (QED) is 0.437. The van der Waals surface area contributed by atoms with Crippen molar-refractivity contribution in [1.82, 2.24) is 9.13 Å². The van der Waals surface area contributed by atoms with Gasteiger partial charge in [0.25, 0.3) is 0 Å². The minimum absolute atomic E-state index is 0. The van der Waals surface area contributed by atoms with Gasteiger partial charge in [0.1, 0.15) is 19.8 Å². The zero-order valence-corrected chi connectivity index (χ0v) is 18.6. The average Bonchev–Trinajstić information content (AvgIpc) is 3.00. The molecule has 29 heavy (non-hydrogen) atoms. The first-order valence-corrected chi connectivity index (χ1v) is 11.0. The van der Waals surface area contributed by atoms with Crippen LogP contribution in [-0.2, 0) is 22.7 Å². The van der Waals surface area contributed by atoms with Crippen LogP contribution in [0.3, 0.4) is 0 Å². The zero-order chi connectivity index (χ0) is 19.6. The molecule has 0 bridgehead atoms. The molecule has 2 aromatic rings. The van der Waals surface area contributed by atoms with Gasteiger partial charge in [0, 0.05) is 6.61 Å². The molecule has 2 heterocycles. The summed E-state index contributed by atoms with van der Waals surface area (Å²) in [5.74, 6) is 0. The molecule has 0 amide bonds. The molecule has 1 aliphatic rings. The Bertz CT molecular complexity index is 768. The number of benzene rings is 1. The lowest BCUT2D eigenvalue weighted by Crippen LogP contribution is -3.14. The summed E-state index contributed by atoms with van der Waals surface area (Å²) in [5.41, 5.74) is 2.76. The van der Waals surface area contributed by atoms with E-state index in [9.17, 15) is 0 Å². The predicted molar refractivity (Wildman–Crippen MR) is 111 cm³/mol. The van der Waals surface area contributed by atoms with Crippen molar-refractivity contribution >= 4 is 11.0 Å². The molecular formula is C22H37ClN4O2. The van der Waals surface area contributed by atoms with Crippen LogP contribution in [-0.4, -0.2) is 48.6 Å². The van der Waals surface area contributed by atoms with Crippen molar-refractivity contribution in [3.8, 4) is 0 Å². The fourth-order valence-electron chi connectivity index (χ4n) is 3.97. The number of ether oxygens (including phenoxy) is 2. The summed E-state index contributed by atoms with van der Waals surface area (Å²) in [6, 6.07) is 8.32. The highest BCUT2D eigenvalue weighted by Gasteiger charge is 2.16. The lowest BCUT2D eigenvalue weighted by atomic mass is 10.1. The van der Waals surface area contributed by atoms with Gasteiger partial charge in [0.05, 0.1) is 37.3 Å². The highest BCUT2D eigenvalue weighted by atomic mass is 35.5. The number of quaternary nitrogens is 1. The van der Waals surface area contributed by atoms with Gasteiger partial charge < -0.3 is 31.3 Å². The van der Waals surface area contributed by atoms with Crippen molar-refractivity contribution in [2.45, 2.75) is 58.7 Å². The van der Waals surface area contributed by atoms with Crippen molar-refractivity contribution in [3.63, 3.8) is 0 Å². The van der Waals surface area contributed by atoms with Crippen molar-refractivity contribution < 1.29 is 26.8 Å². The Balaban J connectivity index is 0.00000300. The predicted octanol–water partition coefficient (Wildman–Crippen LogP) is -0.824. The number of aromatic nitrogens is 2. The molecule has 0 aliphatic carbocycles. The molecule has 6 nitrogen and oxygen atoms in total. The van der Waals surface area contributed by atoms with Crippen LogP contribution in [0.4, 0.5) is 0 Å².